The normalized spacial score (nSPS) is 11.4. The molecule has 0 aliphatic carbocycles. The molecule has 18 heavy (non-hydrogen) atoms. The second kappa shape index (κ2) is 6.62. The van der Waals surface area contributed by atoms with E-state index in [1.54, 1.807) is 6.07 Å². The zero-order chi connectivity index (χ0) is 13.5. The van der Waals surface area contributed by atoms with Gasteiger partial charge in [-0.05, 0) is 13.0 Å². The number of amides is 1. The summed E-state index contributed by atoms with van der Waals surface area (Å²) in [7, 11) is 0. The van der Waals surface area contributed by atoms with Crippen LogP contribution in [0, 0.1) is 18.2 Å². The van der Waals surface area contributed by atoms with Gasteiger partial charge in [-0.15, -0.1) is 6.42 Å². The van der Waals surface area contributed by atoms with Crippen LogP contribution in [-0.4, -0.2) is 18.6 Å². The standard InChI is InChI=1S/C13H15FN2O2/c1-3-7-16-13(17)9(2)18-12-10(8-15)5-4-6-11(12)14/h1,4-6,9H,7-8,15H2,2H3,(H,16,17). The third-order valence-corrected chi connectivity index (χ3v) is 2.30. The van der Waals surface area contributed by atoms with Crippen LogP contribution in [0.5, 0.6) is 5.75 Å². The summed E-state index contributed by atoms with van der Waals surface area (Å²) in [6.45, 7) is 1.75. The van der Waals surface area contributed by atoms with E-state index in [1.807, 2.05) is 0 Å². The van der Waals surface area contributed by atoms with Gasteiger partial charge in [0, 0.05) is 12.1 Å². The van der Waals surface area contributed by atoms with Crippen molar-refractivity contribution in [3.05, 3.63) is 29.6 Å². The van der Waals surface area contributed by atoms with Crippen LogP contribution in [0.2, 0.25) is 0 Å². The minimum Gasteiger partial charge on any atom is -0.477 e. The van der Waals surface area contributed by atoms with Gasteiger partial charge in [0.15, 0.2) is 17.7 Å². The van der Waals surface area contributed by atoms with Gasteiger partial charge in [0.2, 0.25) is 0 Å². The van der Waals surface area contributed by atoms with E-state index in [0.717, 1.165) is 0 Å². The molecule has 1 amide bonds. The maximum Gasteiger partial charge on any atom is 0.261 e. The number of nitrogens with two attached hydrogens (primary N) is 1. The Morgan fingerprint density at radius 1 is 1.67 bits per heavy atom. The van der Waals surface area contributed by atoms with Crippen LogP contribution in [-0.2, 0) is 11.3 Å². The molecule has 4 nitrogen and oxygen atoms in total. The van der Waals surface area contributed by atoms with Crippen molar-refractivity contribution in [1.82, 2.24) is 5.32 Å². The highest BCUT2D eigenvalue weighted by atomic mass is 19.1. The first kappa shape index (κ1) is 14.0. The number of carbonyl (C=O) groups is 1. The van der Waals surface area contributed by atoms with Gasteiger partial charge in [-0.2, -0.15) is 0 Å². The van der Waals surface area contributed by atoms with Crippen LogP contribution in [0.15, 0.2) is 18.2 Å². The molecule has 1 aromatic carbocycles. The highest BCUT2D eigenvalue weighted by Crippen LogP contribution is 2.23. The molecule has 96 valence electrons. The molecule has 0 saturated carbocycles. The number of nitrogens with one attached hydrogen (secondary N) is 1. The number of halogens is 1. The molecule has 0 radical (unpaired) electrons. The van der Waals surface area contributed by atoms with Crippen molar-refractivity contribution in [3.63, 3.8) is 0 Å². The molecule has 0 heterocycles. The lowest BCUT2D eigenvalue weighted by atomic mass is 10.2. The minimum absolute atomic E-state index is 0.00311. The number of ether oxygens (including phenoxy) is 1. The zero-order valence-corrected chi connectivity index (χ0v) is 10.1. The number of rotatable bonds is 5. The van der Waals surface area contributed by atoms with Gasteiger partial charge in [0.25, 0.3) is 5.91 Å². The summed E-state index contributed by atoms with van der Waals surface area (Å²) in [5.74, 6) is 1.32. The number of terminal acetylenes is 1. The van der Waals surface area contributed by atoms with E-state index in [9.17, 15) is 9.18 Å². The Bertz CT molecular complexity index is 469. The van der Waals surface area contributed by atoms with Crippen LogP contribution >= 0.6 is 0 Å². The smallest absolute Gasteiger partial charge is 0.261 e. The quantitative estimate of drug-likeness (QED) is 0.760. The Balaban J connectivity index is 2.78. The molecule has 0 bridgehead atoms. The highest BCUT2D eigenvalue weighted by Gasteiger charge is 2.17. The van der Waals surface area contributed by atoms with E-state index in [0.29, 0.717) is 5.56 Å². The molecule has 0 fully saturated rings. The average Bonchev–Trinajstić information content (AvgIpc) is 2.38. The van der Waals surface area contributed by atoms with Crippen molar-refractivity contribution >= 4 is 5.91 Å². The monoisotopic (exact) mass is 250 g/mol. The summed E-state index contributed by atoms with van der Waals surface area (Å²) in [6, 6.07) is 4.43. The predicted molar refractivity (Wildman–Crippen MR) is 66.2 cm³/mol. The zero-order valence-electron chi connectivity index (χ0n) is 10.1. The summed E-state index contributed by atoms with van der Waals surface area (Å²) in [6.07, 6.45) is 4.17. The Kier molecular flexibility index (Phi) is 5.15. The lowest BCUT2D eigenvalue weighted by molar-refractivity contribution is -0.127. The second-order valence-electron chi connectivity index (χ2n) is 3.61. The minimum atomic E-state index is -0.847. The predicted octanol–water partition coefficient (Wildman–Crippen LogP) is 0.801. The Morgan fingerprint density at radius 3 is 3.00 bits per heavy atom. The number of hydrogen-bond acceptors (Lipinski definition) is 3. The third kappa shape index (κ3) is 3.47. The van der Waals surface area contributed by atoms with Crippen LogP contribution in [0.4, 0.5) is 4.39 Å². The van der Waals surface area contributed by atoms with E-state index >= 15 is 0 Å². The Morgan fingerprint density at radius 2 is 2.39 bits per heavy atom. The third-order valence-electron chi connectivity index (χ3n) is 2.30. The van der Waals surface area contributed by atoms with Gasteiger partial charge in [-0.1, -0.05) is 18.1 Å². The molecule has 0 aliphatic rings. The summed E-state index contributed by atoms with van der Waals surface area (Å²) in [5.41, 5.74) is 5.98. The summed E-state index contributed by atoms with van der Waals surface area (Å²) in [5, 5.41) is 2.46. The fraction of sp³-hybridized carbons (Fsp3) is 0.308. The van der Waals surface area contributed by atoms with Crippen molar-refractivity contribution in [3.8, 4) is 18.1 Å². The van der Waals surface area contributed by atoms with E-state index in [-0.39, 0.29) is 18.8 Å². The van der Waals surface area contributed by atoms with Gasteiger partial charge in [-0.25, -0.2) is 4.39 Å². The average molecular weight is 250 g/mol. The van der Waals surface area contributed by atoms with E-state index in [1.165, 1.54) is 19.1 Å². The number of para-hydroxylation sites is 1. The number of hydrogen-bond donors (Lipinski definition) is 2. The first-order valence-corrected chi connectivity index (χ1v) is 5.45. The van der Waals surface area contributed by atoms with Crippen LogP contribution in [0.3, 0.4) is 0 Å². The van der Waals surface area contributed by atoms with Crippen molar-refractivity contribution in [2.75, 3.05) is 6.54 Å². The van der Waals surface area contributed by atoms with Crippen molar-refractivity contribution in [2.45, 2.75) is 19.6 Å². The molecule has 3 N–H and O–H groups in total. The topological polar surface area (TPSA) is 64.3 Å². The van der Waals surface area contributed by atoms with E-state index in [4.69, 9.17) is 16.9 Å². The molecule has 0 aromatic heterocycles. The van der Waals surface area contributed by atoms with Crippen molar-refractivity contribution in [2.24, 2.45) is 5.73 Å². The molecular weight excluding hydrogens is 235 g/mol. The first-order valence-electron chi connectivity index (χ1n) is 5.45. The molecule has 0 saturated heterocycles. The number of carbonyl (C=O) groups excluding carboxylic acids is 1. The van der Waals surface area contributed by atoms with Gasteiger partial charge < -0.3 is 15.8 Å². The fourth-order valence-electron chi connectivity index (χ4n) is 1.36. The second-order valence-corrected chi connectivity index (χ2v) is 3.61. The largest absolute Gasteiger partial charge is 0.477 e. The summed E-state index contributed by atoms with van der Waals surface area (Å²) in [4.78, 5) is 11.5. The fourth-order valence-corrected chi connectivity index (χ4v) is 1.36. The van der Waals surface area contributed by atoms with Crippen LogP contribution in [0.1, 0.15) is 12.5 Å². The maximum atomic E-state index is 13.6. The van der Waals surface area contributed by atoms with Gasteiger partial charge in [-0.3, -0.25) is 4.79 Å². The van der Waals surface area contributed by atoms with Crippen LogP contribution < -0.4 is 15.8 Å². The maximum absolute atomic E-state index is 13.6. The highest BCUT2D eigenvalue weighted by molar-refractivity contribution is 5.80. The molecule has 1 aromatic rings. The van der Waals surface area contributed by atoms with Gasteiger partial charge in [0.05, 0.1) is 6.54 Å². The molecule has 1 atom stereocenters. The molecule has 1 unspecified atom stereocenters. The van der Waals surface area contributed by atoms with E-state index < -0.39 is 17.8 Å². The Labute approximate surface area is 105 Å². The molecule has 0 spiro atoms. The molecule has 5 heteroatoms. The van der Waals surface area contributed by atoms with Crippen LogP contribution in [0.25, 0.3) is 0 Å². The molecule has 0 aliphatic heterocycles. The SMILES string of the molecule is C#CCNC(=O)C(C)Oc1c(F)cccc1CN. The molecule has 1 rings (SSSR count). The Hall–Kier alpha value is -2.06. The van der Waals surface area contributed by atoms with Gasteiger partial charge >= 0.3 is 0 Å². The van der Waals surface area contributed by atoms with Crippen molar-refractivity contribution in [1.29, 1.82) is 0 Å². The van der Waals surface area contributed by atoms with E-state index in [2.05, 4.69) is 11.2 Å². The van der Waals surface area contributed by atoms with Crippen molar-refractivity contribution < 1.29 is 13.9 Å². The lowest BCUT2D eigenvalue weighted by Gasteiger charge is -2.16. The summed E-state index contributed by atoms with van der Waals surface area (Å²) < 4.78 is 18.9. The summed E-state index contributed by atoms with van der Waals surface area (Å²) >= 11 is 0. The number of benzene rings is 1. The molecular formula is C13H15FN2O2. The van der Waals surface area contributed by atoms with Gasteiger partial charge in [0.1, 0.15) is 0 Å². The first-order chi connectivity index (χ1) is 8.60. The lowest BCUT2D eigenvalue weighted by Crippen LogP contribution is -2.36.